The maximum absolute atomic E-state index is 11.3. The van der Waals surface area contributed by atoms with Crippen LogP contribution >= 0.6 is 0 Å². The number of hydrogen-bond donors (Lipinski definition) is 3. The molecule has 102 valence electrons. The molecule has 0 saturated carbocycles. The second-order valence-corrected chi connectivity index (χ2v) is 3.37. The van der Waals surface area contributed by atoms with Gasteiger partial charge in [-0.15, -0.1) is 6.58 Å². The molecule has 0 saturated heterocycles. The molecule has 0 aliphatic heterocycles. The highest BCUT2D eigenvalue weighted by atomic mass is 16.5. The number of esters is 1. The summed E-state index contributed by atoms with van der Waals surface area (Å²) in [7, 11) is 0. The predicted octanol–water partition coefficient (Wildman–Crippen LogP) is 0.268. The third kappa shape index (κ3) is 7.26. The third-order valence-corrected chi connectivity index (χ3v) is 1.93. The summed E-state index contributed by atoms with van der Waals surface area (Å²) in [6.07, 6.45) is 1.57. The molecule has 3 N–H and O–H groups in total. The molecule has 0 bridgehead atoms. The van der Waals surface area contributed by atoms with Gasteiger partial charge in [0.05, 0.1) is 13.0 Å². The van der Waals surface area contributed by atoms with Gasteiger partial charge in [0.2, 0.25) is 0 Å². The molecule has 0 fully saturated rings. The average Bonchev–Trinajstić information content (AvgIpc) is 2.28. The third-order valence-electron chi connectivity index (χ3n) is 1.93. The molecular weight excluding hydrogens is 240 g/mol. The van der Waals surface area contributed by atoms with Crippen LogP contribution in [0, 0.1) is 0 Å². The topological polar surface area (TPSA) is 105 Å². The minimum absolute atomic E-state index is 0.0421. The minimum atomic E-state index is -1.14. The van der Waals surface area contributed by atoms with Crippen molar-refractivity contribution < 1.29 is 24.2 Å². The van der Waals surface area contributed by atoms with Crippen LogP contribution in [-0.4, -0.2) is 42.3 Å². The molecule has 7 heteroatoms. The normalized spacial score (nSPS) is 11.2. The van der Waals surface area contributed by atoms with Crippen molar-refractivity contribution in [1.82, 2.24) is 10.6 Å². The molecule has 0 rings (SSSR count). The Kier molecular flexibility index (Phi) is 8.00. The predicted molar refractivity (Wildman–Crippen MR) is 64.0 cm³/mol. The molecule has 0 spiro atoms. The van der Waals surface area contributed by atoms with Crippen molar-refractivity contribution in [2.45, 2.75) is 25.8 Å². The van der Waals surface area contributed by atoms with Gasteiger partial charge in [-0.3, -0.25) is 4.79 Å². The number of hydrogen-bond acceptors (Lipinski definition) is 4. The van der Waals surface area contributed by atoms with Gasteiger partial charge >= 0.3 is 18.0 Å². The van der Waals surface area contributed by atoms with Gasteiger partial charge < -0.3 is 20.5 Å². The number of carbonyl (C=O) groups excluding carboxylic acids is 2. The summed E-state index contributed by atoms with van der Waals surface area (Å²) in [5.41, 5.74) is 0. The van der Waals surface area contributed by atoms with Crippen LogP contribution in [0.3, 0.4) is 0 Å². The van der Waals surface area contributed by atoms with Gasteiger partial charge in [0.15, 0.2) is 0 Å². The van der Waals surface area contributed by atoms with E-state index < -0.39 is 24.0 Å². The molecule has 1 unspecified atom stereocenters. The molecule has 0 radical (unpaired) electrons. The molecule has 0 aromatic rings. The monoisotopic (exact) mass is 258 g/mol. The van der Waals surface area contributed by atoms with Crippen LogP contribution in [0.25, 0.3) is 0 Å². The maximum atomic E-state index is 11.3. The Labute approximate surface area is 105 Å². The van der Waals surface area contributed by atoms with Crippen LogP contribution in [0.5, 0.6) is 0 Å². The number of amides is 2. The molecule has 18 heavy (non-hydrogen) atoms. The second-order valence-electron chi connectivity index (χ2n) is 3.37. The van der Waals surface area contributed by atoms with E-state index in [0.717, 1.165) is 0 Å². The van der Waals surface area contributed by atoms with Crippen LogP contribution in [0.2, 0.25) is 0 Å². The quantitative estimate of drug-likeness (QED) is 0.428. The van der Waals surface area contributed by atoms with Gasteiger partial charge in [-0.25, -0.2) is 9.59 Å². The Hall–Kier alpha value is -2.05. The zero-order valence-corrected chi connectivity index (χ0v) is 10.3. The van der Waals surface area contributed by atoms with Crippen LogP contribution in [0.15, 0.2) is 12.7 Å². The van der Waals surface area contributed by atoms with Crippen molar-refractivity contribution in [2.75, 3.05) is 13.2 Å². The lowest BCUT2D eigenvalue weighted by Gasteiger charge is -2.13. The van der Waals surface area contributed by atoms with Crippen LogP contribution in [0.1, 0.15) is 19.8 Å². The number of carbonyl (C=O) groups is 3. The zero-order valence-electron chi connectivity index (χ0n) is 10.3. The van der Waals surface area contributed by atoms with Gasteiger partial charge in [-0.2, -0.15) is 0 Å². The summed E-state index contributed by atoms with van der Waals surface area (Å²) in [6.45, 7) is 5.46. The highest BCUT2D eigenvalue weighted by Crippen LogP contribution is 1.93. The van der Waals surface area contributed by atoms with E-state index in [-0.39, 0.29) is 26.0 Å². The standard InChI is InChI=1S/C11H18N2O5/c1-3-5-8(10(15)16)13-11(17)12-7-6-9(14)18-4-2/h3,8H,1,4-7H2,2H3,(H,15,16)(H2,12,13,17). The van der Waals surface area contributed by atoms with E-state index in [1.54, 1.807) is 6.92 Å². The number of nitrogens with one attached hydrogen (secondary N) is 2. The molecule has 1 atom stereocenters. The highest BCUT2D eigenvalue weighted by molar-refractivity contribution is 5.82. The van der Waals surface area contributed by atoms with Gasteiger partial charge in [-0.1, -0.05) is 6.08 Å². The Balaban J connectivity index is 3.91. The molecule has 0 aromatic heterocycles. The lowest BCUT2D eigenvalue weighted by molar-refractivity contribution is -0.143. The van der Waals surface area contributed by atoms with E-state index in [9.17, 15) is 14.4 Å². The second kappa shape index (κ2) is 9.03. The Morgan fingerprint density at radius 2 is 2.11 bits per heavy atom. The van der Waals surface area contributed by atoms with E-state index in [4.69, 9.17) is 5.11 Å². The molecule has 0 aliphatic rings. The van der Waals surface area contributed by atoms with Crippen molar-refractivity contribution in [3.63, 3.8) is 0 Å². The molecular formula is C11H18N2O5. The average molecular weight is 258 g/mol. The van der Waals surface area contributed by atoms with Crippen molar-refractivity contribution in [2.24, 2.45) is 0 Å². The molecule has 0 aromatic carbocycles. The fourth-order valence-corrected chi connectivity index (χ4v) is 1.11. The number of carboxylic acid groups (broad SMARTS) is 1. The highest BCUT2D eigenvalue weighted by Gasteiger charge is 2.17. The molecule has 7 nitrogen and oxygen atoms in total. The first-order chi connectivity index (χ1) is 8.51. The number of urea groups is 1. The van der Waals surface area contributed by atoms with E-state index in [2.05, 4.69) is 21.9 Å². The molecule has 0 aliphatic carbocycles. The lowest BCUT2D eigenvalue weighted by Crippen LogP contribution is -2.46. The van der Waals surface area contributed by atoms with E-state index in [1.165, 1.54) is 6.08 Å². The number of aliphatic carboxylic acids is 1. The summed E-state index contributed by atoms with van der Waals surface area (Å²) in [5.74, 6) is -1.56. The summed E-state index contributed by atoms with van der Waals surface area (Å²) in [6, 6.07) is -1.67. The fraction of sp³-hybridized carbons (Fsp3) is 0.545. The summed E-state index contributed by atoms with van der Waals surface area (Å²) in [5, 5.41) is 13.4. The minimum Gasteiger partial charge on any atom is -0.480 e. The van der Waals surface area contributed by atoms with E-state index in [0.29, 0.717) is 0 Å². The first kappa shape index (κ1) is 16.0. The van der Waals surface area contributed by atoms with Crippen molar-refractivity contribution >= 4 is 18.0 Å². The number of ether oxygens (including phenoxy) is 1. The Bertz CT molecular complexity index is 317. The summed E-state index contributed by atoms with van der Waals surface area (Å²) < 4.78 is 4.66. The zero-order chi connectivity index (χ0) is 14.0. The first-order valence-corrected chi connectivity index (χ1v) is 5.55. The van der Waals surface area contributed by atoms with Crippen LogP contribution in [0.4, 0.5) is 4.79 Å². The fourth-order valence-electron chi connectivity index (χ4n) is 1.11. The van der Waals surface area contributed by atoms with Gasteiger partial charge in [0, 0.05) is 6.54 Å². The Morgan fingerprint density at radius 3 is 2.61 bits per heavy atom. The van der Waals surface area contributed by atoms with Gasteiger partial charge in [0.25, 0.3) is 0 Å². The van der Waals surface area contributed by atoms with Crippen LogP contribution in [-0.2, 0) is 14.3 Å². The van der Waals surface area contributed by atoms with Crippen molar-refractivity contribution in [3.8, 4) is 0 Å². The van der Waals surface area contributed by atoms with Crippen molar-refractivity contribution in [1.29, 1.82) is 0 Å². The van der Waals surface area contributed by atoms with Crippen molar-refractivity contribution in [3.05, 3.63) is 12.7 Å². The van der Waals surface area contributed by atoms with Gasteiger partial charge in [0.1, 0.15) is 6.04 Å². The number of rotatable bonds is 8. The van der Waals surface area contributed by atoms with E-state index >= 15 is 0 Å². The summed E-state index contributed by atoms with van der Waals surface area (Å²) in [4.78, 5) is 33.0. The molecule has 2 amide bonds. The largest absolute Gasteiger partial charge is 0.480 e. The summed E-state index contributed by atoms with van der Waals surface area (Å²) >= 11 is 0. The van der Waals surface area contributed by atoms with Crippen LogP contribution < -0.4 is 10.6 Å². The molecule has 0 heterocycles. The first-order valence-electron chi connectivity index (χ1n) is 5.55. The number of carboxylic acids is 1. The Morgan fingerprint density at radius 1 is 1.44 bits per heavy atom. The maximum Gasteiger partial charge on any atom is 0.326 e. The van der Waals surface area contributed by atoms with E-state index in [1.807, 2.05) is 0 Å². The SMILES string of the molecule is C=CCC(NC(=O)NCCC(=O)OCC)C(=O)O. The smallest absolute Gasteiger partial charge is 0.326 e. The lowest BCUT2D eigenvalue weighted by atomic mass is 10.2. The van der Waals surface area contributed by atoms with Gasteiger partial charge in [-0.05, 0) is 13.3 Å².